The third-order valence-corrected chi connectivity index (χ3v) is 2.97. The zero-order chi connectivity index (χ0) is 12.1. The fraction of sp³-hybridized carbons (Fsp3) is 0.462. The van der Waals surface area contributed by atoms with Crippen molar-refractivity contribution in [3.63, 3.8) is 0 Å². The molecular weight excluding hydrogens is 214 g/mol. The average molecular weight is 233 g/mol. The third kappa shape index (κ3) is 3.46. The van der Waals surface area contributed by atoms with Crippen LogP contribution in [-0.4, -0.2) is 43.5 Å². The predicted octanol–water partition coefficient (Wildman–Crippen LogP) is 0.839. The first-order chi connectivity index (χ1) is 8.25. The summed E-state index contributed by atoms with van der Waals surface area (Å²) in [5.74, 6) is 0.173. The molecule has 4 heteroatoms. The van der Waals surface area contributed by atoms with E-state index < -0.39 is 0 Å². The van der Waals surface area contributed by atoms with Crippen LogP contribution in [0.5, 0.6) is 0 Å². The molecule has 1 heterocycles. The van der Waals surface area contributed by atoms with Gasteiger partial charge in [-0.05, 0) is 19.1 Å². The number of anilines is 1. The van der Waals surface area contributed by atoms with E-state index in [9.17, 15) is 4.79 Å². The first-order valence-corrected chi connectivity index (χ1v) is 6.05. The molecule has 0 bridgehead atoms. The molecule has 92 valence electrons. The number of carbonyl (C=O) groups is 1. The van der Waals surface area contributed by atoms with Gasteiger partial charge in [-0.1, -0.05) is 17.7 Å². The monoisotopic (exact) mass is 233 g/mol. The fourth-order valence-corrected chi connectivity index (χ4v) is 1.88. The molecule has 1 saturated heterocycles. The Morgan fingerprint density at radius 1 is 1.29 bits per heavy atom. The first-order valence-electron chi connectivity index (χ1n) is 6.05. The first kappa shape index (κ1) is 11.9. The third-order valence-electron chi connectivity index (χ3n) is 2.97. The molecule has 0 aromatic heterocycles. The summed E-state index contributed by atoms with van der Waals surface area (Å²) in [7, 11) is 0. The van der Waals surface area contributed by atoms with Crippen molar-refractivity contribution in [2.75, 3.05) is 38.0 Å². The van der Waals surface area contributed by atoms with Crippen molar-refractivity contribution in [2.24, 2.45) is 0 Å². The summed E-state index contributed by atoms with van der Waals surface area (Å²) in [5.41, 5.74) is 2.23. The van der Waals surface area contributed by atoms with Gasteiger partial charge in [0.05, 0.1) is 6.54 Å². The van der Waals surface area contributed by atoms with E-state index in [1.807, 2.05) is 29.2 Å². The smallest absolute Gasteiger partial charge is 0.241 e. The van der Waals surface area contributed by atoms with Crippen LogP contribution in [0.1, 0.15) is 5.56 Å². The van der Waals surface area contributed by atoms with Crippen LogP contribution in [0.4, 0.5) is 5.69 Å². The van der Waals surface area contributed by atoms with E-state index in [4.69, 9.17) is 0 Å². The molecule has 1 aromatic rings. The van der Waals surface area contributed by atoms with Crippen LogP contribution >= 0.6 is 0 Å². The Morgan fingerprint density at radius 2 is 1.94 bits per heavy atom. The van der Waals surface area contributed by atoms with E-state index >= 15 is 0 Å². The molecule has 0 aliphatic carbocycles. The summed E-state index contributed by atoms with van der Waals surface area (Å²) < 4.78 is 0. The van der Waals surface area contributed by atoms with Crippen LogP contribution in [0.25, 0.3) is 0 Å². The summed E-state index contributed by atoms with van der Waals surface area (Å²) in [5, 5.41) is 6.39. The number of hydrogen-bond donors (Lipinski definition) is 2. The van der Waals surface area contributed by atoms with E-state index in [1.165, 1.54) is 5.56 Å². The van der Waals surface area contributed by atoms with Gasteiger partial charge in [-0.3, -0.25) is 4.79 Å². The Morgan fingerprint density at radius 3 is 2.59 bits per heavy atom. The summed E-state index contributed by atoms with van der Waals surface area (Å²) in [4.78, 5) is 13.8. The van der Waals surface area contributed by atoms with Gasteiger partial charge in [-0.25, -0.2) is 0 Å². The number of rotatable bonds is 3. The molecule has 1 aliphatic rings. The van der Waals surface area contributed by atoms with Crippen molar-refractivity contribution < 1.29 is 4.79 Å². The molecule has 0 spiro atoms. The van der Waals surface area contributed by atoms with Gasteiger partial charge < -0.3 is 15.5 Å². The van der Waals surface area contributed by atoms with Gasteiger partial charge in [0.15, 0.2) is 0 Å². The summed E-state index contributed by atoms with van der Waals surface area (Å²) in [6, 6.07) is 8.08. The molecule has 0 radical (unpaired) electrons. The number of carbonyl (C=O) groups excluding carboxylic acids is 1. The fourth-order valence-electron chi connectivity index (χ4n) is 1.88. The molecule has 4 nitrogen and oxygen atoms in total. The van der Waals surface area contributed by atoms with Crippen LogP contribution in [0.2, 0.25) is 0 Å². The minimum absolute atomic E-state index is 0.173. The standard InChI is InChI=1S/C13H19N3O/c1-11-2-4-12(5-3-11)15-10-13(17)16-8-6-14-7-9-16/h2-5,14-15H,6-10H2,1H3. The zero-order valence-electron chi connectivity index (χ0n) is 10.2. The lowest BCUT2D eigenvalue weighted by molar-refractivity contribution is -0.129. The van der Waals surface area contributed by atoms with Crippen LogP contribution in [0, 0.1) is 6.92 Å². The lowest BCUT2D eigenvalue weighted by atomic mass is 10.2. The van der Waals surface area contributed by atoms with Gasteiger partial charge in [-0.2, -0.15) is 0 Å². The van der Waals surface area contributed by atoms with Crippen molar-refractivity contribution in [3.8, 4) is 0 Å². The van der Waals surface area contributed by atoms with Gasteiger partial charge in [0.1, 0.15) is 0 Å². The molecule has 1 amide bonds. The van der Waals surface area contributed by atoms with Gasteiger partial charge >= 0.3 is 0 Å². The Hall–Kier alpha value is -1.55. The second-order valence-electron chi connectivity index (χ2n) is 4.35. The van der Waals surface area contributed by atoms with Gasteiger partial charge in [0.25, 0.3) is 0 Å². The van der Waals surface area contributed by atoms with Gasteiger partial charge in [0, 0.05) is 31.9 Å². The molecule has 1 fully saturated rings. The number of benzene rings is 1. The molecule has 1 aromatic carbocycles. The van der Waals surface area contributed by atoms with Gasteiger partial charge in [-0.15, -0.1) is 0 Å². The van der Waals surface area contributed by atoms with Crippen molar-refractivity contribution in [3.05, 3.63) is 29.8 Å². The lowest BCUT2D eigenvalue weighted by Gasteiger charge is -2.27. The molecule has 0 saturated carbocycles. The van der Waals surface area contributed by atoms with Crippen molar-refractivity contribution in [1.82, 2.24) is 10.2 Å². The minimum atomic E-state index is 0.173. The highest BCUT2D eigenvalue weighted by Gasteiger charge is 2.15. The largest absolute Gasteiger partial charge is 0.376 e. The summed E-state index contributed by atoms with van der Waals surface area (Å²) >= 11 is 0. The molecular formula is C13H19N3O. The van der Waals surface area contributed by atoms with Crippen molar-refractivity contribution in [1.29, 1.82) is 0 Å². The Balaban J connectivity index is 1.81. The summed E-state index contributed by atoms with van der Waals surface area (Å²) in [6.45, 7) is 5.86. The van der Waals surface area contributed by atoms with Crippen LogP contribution in [0.15, 0.2) is 24.3 Å². The highest BCUT2D eigenvalue weighted by atomic mass is 16.2. The number of nitrogens with one attached hydrogen (secondary N) is 2. The van der Waals surface area contributed by atoms with E-state index in [0.29, 0.717) is 6.54 Å². The number of hydrogen-bond acceptors (Lipinski definition) is 3. The number of aryl methyl sites for hydroxylation is 1. The highest BCUT2D eigenvalue weighted by molar-refractivity contribution is 5.81. The number of nitrogens with zero attached hydrogens (tertiary/aromatic N) is 1. The van der Waals surface area contributed by atoms with E-state index in [-0.39, 0.29) is 5.91 Å². The van der Waals surface area contributed by atoms with Crippen LogP contribution in [-0.2, 0) is 4.79 Å². The number of piperazine rings is 1. The van der Waals surface area contributed by atoms with Crippen molar-refractivity contribution >= 4 is 11.6 Å². The van der Waals surface area contributed by atoms with E-state index in [2.05, 4.69) is 17.6 Å². The Labute approximate surface area is 102 Å². The second kappa shape index (κ2) is 5.68. The van der Waals surface area contributed by atoms with Crippen LogP contribution < -0.4 is 10.6 Å². The minimum Gasteiger partial charge on any atom is -0.376 e. The zero-order valence-corrected chi connectivity index (χ0v) is 10.2. The quantitative estimate of drug-likeness (QED) is 0.813. The lowest BCUT2D eigenvalue weighted by Crippen LogP contribution is -2.48. The molecule has 17 heavy (non-hydrogen) atoms. The molecule has 0 unspecified atom stereocenters. The predicted molar refractivity (Wildman–Crippen MR) is 69.1 cm³/mol. The molecule has 2 rings (SSSR count). The SMILES string of the molecule is Cc1ccc(NCC(=O)N2CCNCC2)cc1. The molecule has 1 aliphatic heterocycles. The van der Waals surface area contributed by atoms with E-state index in [0.717, 1.165) is 31.9 Å². The highest BCUT2D eigenvalue weighted by Crippen LogP contribution is 2.08. The maximum Gasteiger partial charge on any atom is 0.241 e. The summed E-state index contributed by atoms with van der Waals surface area (Å²) in [6.07, 6.45) is 0. The maximum absolute atomic E-state index is 11.9. The normalized spacial score (nSPS) is 15.7. The van der Waals surface area contributed by atoms with Gasteiger partial charge in [0.2, 0.25) is 5.91 Å². The second-order valence-corrected chi connectivity index (χ2v) is 4.35. The molecule has 2 N–H and O–H groups in total. The Kier molecular flexibility index (Phi) is 3.98. The number of amides is 1. The maximum atomic E-state index is 11.9. The van der Waals surface area contributed by atoms with E-state index in [1.54, 1.807) is 0 Å². The van der Waals surface area contributed by atoms with Crippen molar-refractivity contribution in [2.45, 2.75) is 6.92 Å². The topological polar surface area (TPSA) is 44.4 Å². The van der Waals surface area contributed by atoms with Crippen LogP contribution in [0.3, 0.4) is 0 Å². The average Bonchev–Trinajstić information content (AvgIpc) is 2.39. The Bertz CT molecular complexity index is 369. The molecule has 0 atom stereocenters.